The molecule has 0 radical (unpaired) electrons. The van der Waals surface area contributed by atoms with Crippen LogP contribution in [0.5, 0.6) is 5.75 Å². The number of anilines is 1. The molecular weight excluding hydrogens is 316 g/mol. The summed E-state index contributed by atoms with van der Waals surface area (Å²) in [6.07, 6.45) is 3.80. The second-order valence-electron chi connectivity index (χ2n) is 7.26. The van der Waals surface area contributed by atoms with Crippen molar-refractivity contribution in [2.45, 2.75) is 39.2 Å². The number of benzene rings is 1. The van der Waals surface area contributed by atoms with Crippen molar-refractivity contribution >= 4 is 22.5 Å². The van der Waals surface area contributed by atoms with Gasteiger partial charge in [-0.3, -0.25) is 9.78 Å². The van der Waals surface area contributed by atoms with Crippen molar-refractivity contribution in [3.8, 4) is 5.75 Å². The Labute approximate surface area is 148 Å². The highest BCUT2D eigenvalue weighted by Gasteiger charge is 2.47. The Morgan fingerprint density at radius 1 is 1.36 bits per heavy atom. The second-order valence-corrected chi connectivity index (χ2v) is 7.26. The third kappa shape index (κ3) is 3.61. The molecule has 1 aromatic carbocycles. The van der Waals surface area contributed by atoms with Gasteiger partial charge >= 0.3 is 0 Å². The van der Waals surface area contributed by atoms with Crippen molar-refractivity contribution in [2.75, 3.05) is 19.0 Å². The number of ether oxygens (including phenoxy) is 2. The van der Waals surface area contributed by atoms with Gasteiger partial charge in [-0.05, 0) is 55.9 Å². The number of nitrogens with one attached hydrogen (secondary N) is 1. The monoisotopic (exact) mass is 342 g/mol. The highest BCUT2D eigenvalue weighted by atomic mass is 16.5. The van der Waals surface area contributed by atoms with Gasteiger partial charge in [0, 0.05) is 18.7 Å². The maximum Gasteiger partial charge on any atom is 0.256 e. The third-order valence-electron chi connectivity index (χ3n) is 4.78. The van der Waals surface area contributed by atoms with Crippen LogP contribution in [0.15, 0.2) is 30.5 Å². The number of hydrogen-bond acceptors (Lipinski definition) is 4. The number of carbonyl (C=O) groups excluding carboxylic acids is 1. The fourth-order valence-corrected chi connectivity index (χ4v) is 2.95. The molecule has 3 rings (SSSR count). The Morgan fingerprint density at radius 3 is 2.76 bits per heavy atom. The maximum atomic E-state index is 12.8. The zero-order chi connectivity index (χ0) is 18.0. The molecule has 1 aliphatic rings. The summed E-state index contributed by atoms with van der Waals surface area (Å²) in [7, 11) is 1.60. The first kappa shape index (κ1) is 17.7. The number of pyridine rings is 1. The number of carbonyl (C=O) groups is 1. The van der Waals surface area contributed by atoms with E-state index in [0.717, 1.165) is 35.2 Å². The van der Waals surface area contributed by atoms with Crippen molar-refractivity contribution < 1.29 is 14.3 Å². The number of aromatic nitrogens is 1. The van der Waals surface area contributed by atoms with Crippen molar-refractivity contribution in [3.63, 3.8) is 0 Å². The molecule has 5 heteroatoms. The molecule has 1 amide bonds. The SMILES string of the molecule is COC(C)(C(=O)Nc1ccc(OCC(C)C)c2ncccc12)C1CC1. The van der Waals surface area contributed by atoms with Crippen LogP contribution in [0.25, 0.3) is 10.9 Å². The topological polar surface area (TPSA) is 60.5 Å². The van der Waals surface area contributed by atoms with E-state index in [4.69, 9.17) is 9.47 Å². The van der Waals surface area contributed by atoms with Gasteiger partial charge < -0.3 is 14.8 Å². The van der Waals surface area contributed by atoms with Crippen molar-refractivity contribution in [3.05, 3.63) is 30.5 Å². The van der Waals surface area contributed by atoms with Crippen molar-refractivity contribution in [1.29, 1.82) is 0 Å². The maximum absolute atomic E-state index is 12.8. The van der Waals surface area contributed by atoms with E-state index in [0.29, 0.717) is 12.5 Å². The lowest BCUT2D eigenvalue weighted by Gasteiger charge is -2.27. The van der Waals surface area contributed by atoms with Gasteiger partial charge in [0.1, 0.15) is 16.9 Å². The molecule has 1 N–H and O–H groups in total. The summed E-state index contributed by atoms with van der Waals surface area (Å²) in [4.78, 5) is 17.3. The van der Waals surface area contributed by atoms with Crippen molar-refractivity contribution in [1.82, 2.24) is 4.98 Å². The summed E-state index contributed by atoms with van der Waals surface area (Å²) in [5.74, 6) is 1.34. The summed E-state index contributed by atoms with van der Waals surface area (Å²) < 4.78 is 11.4. The zero-order valence-electron chi connectivity index (χ0n) is 15.3. The fraction of sp³-hybridized carbons (Fsp3) is 0.500. The lowest BCUT2D eigenvalue weighted by Crippen LogP contribution is -2.44. The standard InChI is InChI=1S/C20H26N2O3/c1-13(2)12-25-17-10-9-16(15-6-5-11-21-18(15)17)22-19(23)20(3,24-4)14-7-8-14/h5-6,9-11,13-14H,7-8,12H2,1-4H3,(H,22,23). The molecule has 0 aliphatic heterocycles. The van der Waals surface area contributed by atoms with Crippen molar-refractivity contribution in [2.24, 2.45) is 11.8 Å². The molecule has 1 aliphatic carbocycles. The minimum atomic E-state index is -0.790. The van der Waals surface area contributed by atoms with E-state index in [-0.39, 0.29) is 11.8 Å². The Hall–Kier alpha value is -2.14. The van der Waals surface area contributed by atoms with Crippen LogP contribution in [0.1, 0.15) is 33.6 Å². The predicted octanol–water partition coefficient (Wildman–Crippen LogP) is 4.02. The minimum Gasteiger partial charge on any atom is -0.491 e. The molecule has 25 heavy (non-hydrogen) atoms. The van der Waals surface area contributed by atoms with E-state index in [2.05, 4.69) is 24.1 Å². The van der Waals surface area contributed by atoms with E-state index in [1.807, 2.05) is 31.2 Å². The summed E-state index contributed by atoms with van der Waals surface area (Å²) in [5, 5.41) is 3.90. The van der Waals surface area contributed by atoms with E-state index < -0.39 is 5.60 Å². The summed E-state index contributed by atoms with van der Waals surface area (Å²) >= 11 is 0. The molecule has 0 bridgehead atoms. The Bertz CT molecular complexity index is 771. The third-order valence-corrected chi connectivity index (χ3v) is 4.78. The molecule has 0 spiro atoms. The van der Waals surface area contributed by atoms with Gasteiger partial charge in [0.25, 0.3) is 5.91 Å². The molecule has 1 atom stereocenters. The molecule has 0 saturated heterocycles. The van der Waals surface area contributed by atoms with Gasteiger partial charge in [-0.15, -0.1) is 0 Å². The van der Waals surface area contributed by atoms with Crippen LogP contribution in [-0.4, -0.2) is 30.2 Å². The molecule has 1 heterocycles. The van der Waals surface area contributed by atoms with Gasteiger partial charge in [0.2, 0.25) is 0 Å². The van der Waals surface area contributed by atoms with Crippen LogP contribution in [0.4, 0.5) is 5.69 Å². The second kappa shape index (κ2) is 7.00. The molecular formula is C20H26N2O3. The molecule has 134 valence electrons. The van der Waals surface area contributed by atoms with Crippen LogP contribution in [-0.2, 0) is 9.53 Å². The van der Waals surface area contributed by atoms with Crippen LogP contribution in [0.3, 0.4) is 0 Å². The normalized spacial score (nSPS) is 16.7. The first-order valence-electron chi connectivity index (χ1n) is 8.83. The zero-order valence-corrected chi connectivity index (χ0v) is 15.3. The average molecular weight is 342 g/mol. The highest BCUT2D eigenvalue weighted by molar-refractivity contribution is 6.05. The van der Waals surface area contributed by atoms with Crippen LogP contribution in [0.2, 0.25) is 0 Å². The number of methoxy groups -OCH3 is 1. The van der Waals surface area contributed by atoms with Crippen LogP contribution < -0.4 is 10.1 Å². The Kier molecular flexibility index (Phi) is 4.95. The van der Waals surface area contributed by atoms with E-state index in [1.165, 1.54) is 0 Å². The first-order chi connectivity index (χ1) is 12.0. The Balaban J connectivity index is 1.89. The number of amides is 1. The lowest BCUT2D eigenvalue weighted by atomic mass is 9.98. The van der Waals surface area contributed by atoms with Crippen LogP contribution in [0, 0.1) is 11.8 Å². The molecule has 1 fully saturated rings. The highest BCUT2D eigenvalue weighted by Crippen LogP contribution is 2.42. The molecule has 1 saturated carbocycles. The summed E-state index contributed by atoms with van der Waals surface area (Å²) in [6.45, 7) is 6.70. The molecule has 1 unspecified atom stereocenters. The lowest BCUT2D eigenvalue weighted by molar-refractivity contribution is -0.138. The minimum absolute atomic E-state index is 0.112. The van der Waals surface area contributed by atoms with Gasteiger partial charge in [0.05, 0.1) is 12.3 Å². The molecule has 5 nitrogen and oxygen atoms in total. The average Bonchev–Trinajstić information content (AvgIpc) is 3.45. The smallest absolute Gasteiger partial charge is 0.256 e. The number of rotatable bonds is 7. The summed E-state index contributed by atoms with van der Waals surface area (Å²) in [5.41, 5.74) is 0.696. The van der Waals surface area contributed by atoms with Gasteiger partial charge in [-0.25, -0.2) is 0 Å². The van der Waals surface area contributed by atoms with Crippen LogP contribution >= 0.6 is 0 Å². The van der Waals surface area contributed by atoms with Gasteiger partial charge in [-0.2, -0.15) is 0 Å². The van der Waals surface area contributed by atoms with E-state index in [1.54, 1.807) is 13.3 Å². The van der Waals surface area contributed by atoms with Gasteiger partial charge in [0.15, 0.2) is 0 Å². The molecule has 2 aromatic rings. The Morgan fingerprint density at radius 2 is 2.12 bits per heavy atom. The van der Waals surface area contributed by atoms with E-state index >= 15 is 0 Å². The van der Waals surface area contributed by atoms with E-state index in [9.17, 15) is 4.79 Å². The first-order valence-corrected chi connectivity index (χ1v) is 8.83. The number of nitrogens with zero attached hydrogens (tertiary/aromatic N) is 1. The largest absolute Gasteiger partial charge is 0.491 e. The number of fused-ring (bicyclic) bond motifs is 1. The quantitative estimate of drug-likeness (QED) is 0.825. The predicted molar refractivity (Wildman–Crippen MR) is 98.8 cm³/mol. The number of hydrogen-bond donors (Lipinski definition) is 1. The fourth-order valence-electron chi connectivity index (χ4n) is 2.95. The summed E-state index contributed by atoms with van der Waals surface area (Å²) in [6, 6.07) is 7.55. The molecule has 1 aromatic heterocycles. The van der Waals surface area contributed by atoms with Gasteiger partial charge in [-0.1, -0.05) is 13.8 Å².